The third-order valence-corrected chi connectivity index (χ3v) is 4.69. The molecule has 138 valence electrons. The van der Waals surface area contributed by atoms with Gasteiger partial charge in [0.05, 0.1) is 6.04 Å². The average molecular weight is 393 g/mol. The number of carbonyl (C=O) groups excluding carboxylic acids is 1. The van der Waals surface area contributed by atoms with E-state index in [1.54, 1.807) is 0 Å². The van der Waals surface area contributed by atoms with Crippen LogP contribution in [-0.4, -0.2) is 26.8 Å². The molecule has 1 aromatic carbocycles. The van der Waals surface area contributed by atoms with Crippen molar-refractivity contribution in [3.05, 3.63) is 65.1 Å². The van der Waals surface area contributed by atoms with E-state index in [4.69, 9.17) is 5.73 Å². The molecule has 3 N–H and O–H groups in total. The lowest BCUT2D eigenvalue weighted by Crippen LogP contribution is -2.42. The molecule has 1 amide bonds. The van der Waals surface area contributed by atoms with Crippen LogP contribution in [0.2, 0.25) is 0 Å². The fourth-order valence-corrected chi connectivity index (χ4v) is 3.42. The van der Waals surface area contributed by atoms with Crippen LogP contribution >= 0.6 is 24.8 Å². The topological polar surface area (TPSA) is 75.0 Å². The highest BCUT2D eigenvalue weighted by Crippen LogP contribution is 2.24. The zero-order chi connectivity index (χ0) is 16.7. The average Bonchev–Trinajstić information content (AvgIpc) is 3.18. The van der Waals surface area contributed by atoms with Gasteiger partial charge in [0.1, 0.15) is 0 Å². The first-order valence-corrected chi connectivity index (χ1v) is 8.15. The van der Waals surface area contributed by atoms with Gasteiger partial charge in [-0.2, -0.15) is 0 Å². The van der Waals surface area contributed by atoms with Crippen LogP contribution in [0.5, 0.6) is 0 Å². The highest BCUT2D eigenvalue weighted by atomic mass is 35.5. The molecule has 0 saturated carbocycles. The van der Waals surface area contributed by atoms with Gasteiger partial charge in [-0.3, -0.25) is 9.78 Å². The largest absolute Gasteiger partial charge is 0.361 e. The number of aromatic nitrogens is 2. The third-order valence-electron chi connectivity index (χ3n) is 4.69. The Morgan fingerprint density at radius 1 is 1.27 bits per heavy atom. The number of pyridine rings is 1. The Morgan fingerprint density at radius 3 is 2.81 bits per heavy atom. The molecule has 26 heavy (non-hydrogen) atoms. The van der Waals surface area contributed by atoms with Crippen LogP contribution in [0.25, 0.3) is 10.9 Å². The molecule has 3 aromatic rings. The fourth-order valence-electron chi connectivity index (χ4n) is 3.42. The highest BCUT2D eigenvalue weighted by molar-refractivity contribution is 5.86. The first-order valence-electron chi connectivity index (χ1n) is 8.15. The van der Waals surface area contributed by atoms with Gasteiger partial charge in [0.2, 0.25) is 5.91 Å². The monoisotopic (exact) mass is 392 g/mol. The molecular weight excluding hydrogens is 371 g/mol. The number of hydrogen-bond donors (Lipinski definition) is 2. The number of nitrogens with one attached hydrogen (secondary N) is 1. The second kappa shape index (κ2) is 8.08. The normalized spacial score (nSPS) is 13.7. The Morgan fingerprint density at radius 2 is 2.00 bits per heavy atom. The van der Waals surface area contributed by atoms with Crippen molar-refractivity contribution in [1.29, 1.82) is 0 Å². The minimum Gasteiger partial charge on any atom is -0.361 e. The summed E-state index contributed by atoms with van der Waals surface area (Å²) in [5, 5.41) is 1.13. The van der Waals surface area contributed by atoms with Gasteiger partial charge in [-0.25, -0.2) is 0 Å². The van der Waals surface area contributed by atoms with Crippen molar-refractivity contribution in [2.45, 2.75) is 32.5 Å². The standard InChI is InChI=1S/C19H20N4O.2ClH/c1-12-6-14-10-23(11-15(14)9-21-12)19(24)17(20)7-13-8-22-18-5-3-2-4-16(13)18;;/h2-6,8-9,17,22H,7,10-11,20H2,1H3;2*1H/t17-;;/m1../s1. The molecule has 4 rings (SSSR count). The lowest BCUT2D eigenvalue weighted by atomic mass is 10.0. The van der Waals surface area contributed by atoms with E-state index in [2.05, 4.69) is 16.0 Å². The van der Waals surface area contributed by atoms with Crippen LogP contribution in [0.1, 0.15) is 22.4 Å². The maximum atomic E-state index is 12.7. The Kier molecular flexibility index (Phi) is 6.29. The van der Waals surface area contributed by atoms with Crippen LogP contribution in [0.3, 0.4) is 0 Å². The summed E-state index contributed by atoms with van der Waals surface area (Å²) in [5.41, 5.74) is 11.7. The molecule has 0 fully saturated rings. The molecule has 1 atom stereocenters. The van der Waals surface area contributed by atoms with Crippen LogP contribution in [0.15, 0.2) is 42.7 Å². The number of nitrogens with two attached hydrogens (primary N) is 1. The van der Waals surface area contributed by atoms with Gasteiger partial charge in [-0.1, -0.05) is 18.2 Å². The van der Waals surface area contributed by atoms with E-state index in [0.717, 1.165) is 27.7 Å². The Bertz CT molecular complexity index is 925. The number of benzene rings is 1. The Hall–Kier alpha value is -2.08. The first kappa shape index (κ1) is 20.2. The predicted molar refractivity (Wildman–Crippen MR) is 108 cm³/mol. The predicted octanol–water partition coefficient (Wildman–Crippen LogP) is 3.13. The molecule has 1 aliphatic heterocycles. The molecule has 0 radical (unpaired) electrons. The van der Waals surface area contributed by atoms with Gasteiger partial charge in [-0.15, -0.1) is 24.8 Å². The van der Waals surface area contributed by atoms with E-state index < -0.39 is 6.04 Å². The summed E-state index contributed by atoms with van der Waals surface area (Å²) in [7, 11) is 0. The van der Waals surface area contributed by atoms with Crippen LogP contribution in [0, 0.1) is 6.92 Å². The lowest BCUT2D eigenvalue weighted by Gasteiger charge is -2.20. The molecule has 5 nitrogen and oxygen atoms in total. The molecule has 0 bridgehead atoms. The van der Waals surface area contributed by atoms with Crippen molar-refractivity contribution < 1.29 is 4.79 Å². The first-order chi connectivity index (χ1) is 11.6. The molecule has 2 aromatic heterocycles. The number of H-pyrrole nitrogens is 1. The van der Waals surface area contributed by atoms with Crippen molar-refractivity contribution in [3.63, 3.8) is 0 Å². The summed E-state index contributed by atoms with van der Waals surface area (Å²) in [5.74, 6) is -0.00543. The van der Waals surface area contributed by atoms with Crippen molar-refractivity contribution in [1.82, 2.24) is 14.9 Å². The number of para-hydroxylation sites is 1. The van der Waals surface area contributed by atoms with Crippen molar-refractivity contribution in [2.24, 2.45) is 5.73 Å². The van der Waals surface area contributed by atoms with E-state index in [1.807, 2.05) is 48.5 Å². The quantitative estimate of drug-likeness (QED) is 0.718. The number of rotatable bonds is 3. The number of carbonyl (C=O) groups is 1. The molecule has 7 heteroatoms. The van der Waals surface area contributed by atoms with E-state index in [-0.39, 0.29) is 30.7 Å². The highest BCUT2D eigenvalue weighted by Gasteiger charge is 2.28. The fraction of sp³-hybridized carbons (Fsp3) is 0.263. The van der Waals surface area contributed by atoms with E-state index >= 15 is 0 Å². The molecule has 0 aliphatic carbocycles. The molecule has 0 unspecified atom stereocenters. The summed E-state index contributed by atoms with van der Waals surface area (Å²) < 4.78 is 0. The number of hydrogen-bond acceptors (Lipinski definition) is 3. The molecule has 1 aliphatic rings. The number of aryl methyl sites for hydroxylation is 1. The van der Waals surface area contributed by atoms with Crippen LogP contribution < -0.4 is 5.73 Å². The maximum Gasteiger partial charge on any atom is 0.240 e. The molecule has 3 heterocycles. The molecular formula is C19H22Cl2N4O. The Labute approximate surface area is 164 Å². The summed E-state index contributed by atoms with van der Waals surface area (Å²) in [4.78, 5) is 22.1. The van der Waals surface area contributed by atoms with Crippen LogP contribution in [0.4, 0.5) is 0 Å². The number of halogens is 2. The van der Waals surface area contributed by atoms with Crippen LogP contribution in [-0.2, 0) is 24.3 Å². The van der Waals surface area contributed by atoms with Gasteiger partial charge in [0.15, 0.2) is 0 Å². The lowest BCUT2D eigenvalue weighted by molar-refractivity contribution is -0.133. The third kappa shape index (κ3) is 3.70. The maximum absolute atomic E-state index is 12.7. The number of nitrogens with zero attached hydrogens (tertiary/aromatic N) is 2. The van der Waals surface area contributed by atoms with Crippen molar-refractivity contribution >= 4 is 41.6 Å². The smallest absolute Gasteiger partial charge is 0.240 e. The molecule has 0 spiro atoms. The summed E-state index contributed by atoms with van der Waals surface area (Å²) in [6.45, 7) is 3.19. The number of aromatic amines is 1. The van der Waals surface area contributed by atoms with E-state index in [9.17, 15) is 4.79 Å². The van der Waals surface area contributed by atoms with E-state index in [0.29, 0.717) is 19.5 Å². The number of amides is 1. The van der Waals surface area contributed by atoms with Gasteiger partial charge in [-0.05, 0) is 42.2 Å². The minimum absolute atomic E-state index is 0. The number of fused-ring (bicyclic) bond motifs is 2. The van der Waals surface area contributed by atoms with E-state index in [1.165, 1.54) is 5.56 Å². The van der Waals surface area contributed by atoms with Gasteiger partial charge < -0.3 is 15.6 Å². The summed E-state index contributed by atoms with van der Waals surface area (Å²) in [6, 6.07) is 9.59. The van der Waals surface area contributed by atoms with Gasteiger partial charge >= 0.3 is 0 Å². The second-order valence-electron chi connectivity index (χ2n) is 6.46. The SMILES string of the molecule is Cc1cc2c(cn1)CN(C(=O)[C@H](N)Cc1c[nH]c3ccccc13)C2.Cl.Cl. The van der Waals surface area contributed by atoms with Crippen molar-refractivity contribution in [2.75, 3.05) is 0 Å². The van der Waals surface area contributed by atoms with Gasteiger partial charge in [0, 0.05) is 42.1 Å². The zero-order valence-electron chi connectivity index (χ0n) is 14.4. The second-order valence-corrected chi connectivity index (χ2v) is 6.46. The zero-order valence-corrected chi connectivity index (χ0v) is 16.1. The van der Waals surface area contributed by atoms with Crippen molar-refractivity contribution in [3.8, 4) is 0 Å². The summed E-state index contributed by atoms with van der Waals surface area (Å²) in [6.07, 6.45) is 4.35. The molecule has 0 saturated heterocycles. The Balaban J connectivity index is 0.00000121. The van der Waals surface area contributed by atoms with Gasteiger partial charge in [0.25, 0.3) is 0 Å². The summed E-state index contributed by atoms with van der Waals surface area (Å²) >= 11 is 0. The minimum atomic E-state index is -0.535.